The molecule has 0 N–H and O–H groups in total. The molecular formula is C30H28N4O7S. The van der Waals surface area contributed by atoms with Crippen LogP contribution in [0.1, 0.15) is 31.2 Å². The summed E-state index contributed by atoms with van der Waals surface area (Å²) in [5.41, 5.74) is 2.43. The van der Waals surface area contributed by atoms with Crippen LogP contribution in [-0.4, -0.2) is 43.3 Å². The second kappa shape index (κ2) is 11.5. The molecule has 2 aromatic heterocycles. The summed E-state index contributed by atoms with van der Waals surface area (Å²) in [6.07, 6.45) is 1.59. The largest absolute Gasteiger partial charge is 0.496 e. The maximum absolute atomic E-state index is 13.9. The van der Waals surface area contributed by atoms with E-state index in [9.17, 15) is 19.7 Å². The number of non-ortho nitro benzene ring substituents is 1. The molecule has 2 aromatic carbocycles. The quantitative estimate of drug-likeness (QED) is 0.171. The average molecular weight is 589 g/mol. The highest BCUT2D eigenvalue weighted by Gasteiger charge is 2.33. The summed E-state index contributed by atoms with van der Waals surface area (Å²) in [4.78, 5) is 44.8. The molecule has 42 heavy (non-hydrogen) atoms. The fourth-order valence-corrected chi connectivity index (χ4v) is 5.79. The first kappa shape index (κ1) is 28.6. The van der Waals surface area contributed by atoms with Gasteiger partial charge in [-0.3, -0.25) is 19.5 Å². The first-order chi connectivity index (χ1) is 20.1. The number of carbonyl (C=O) groups excluding carboxylic acids is 1. The van der Waals surface area contributed by atoms with Gasteiger partial charge in [0.1, 0.15) is 17.3 Å². The molecule has 0 amide bonds. The van der Waals surface area contributed by atoms with Crippen LogP contribution in [0.2, 0.25) is 0 Å². The number of nitro benzene ring substituents is 1. The van der Waals surface area contributed by atoms with Gasteiger partial charge in [-0.2, -0.15) is 0 Å². The number of hydrogen-bond donors (Lipinski definition) is 0. The van der Waals surface area contributed by atoms with Crippen LogP contribution in [-0.2, 0) is 9.53 Å². The molecule has 0 bridgehead atoms. The van der Waals surface area contributed by atoms with Crippen molar-refractivity contribution >= 4 is 34.8 Å². The number of hydrogen-bond acceptors (Lipinski definition) is 10. The van der Waals surface area contributed by atoms with Crippen LogP contribution in [0.15, 0.2) is 80.1 Å². The summed E-state index contributed by atoms with van der Waals surface area (Å²) in [5, 5.41) is 11.3. The van der Waals surface area contributed by atoms with E-state index in [1.807, 2.05) is 43.3 Å². The first-order valence-corrected chi connectivity index (χ1v) is 13.8. The maximum atomic E-state index is 13.9. The molecule has 0 aliphatic carbocycles. The number of benzene rings is 2. The van der Waals surface area contributed by atoms with E-state index >= 15 is 0 Å². The lowest BCUT2D eigenvalue weighted by atomic mass is 9.95. The van der Waals surface area contributed by atoms with Crippen LogP contribution in [0, 0.1) is 10.1 Å². The van der Waals surface area contributed by atoms with Crippen LogP contribution >= 0.6 is 11.3 Å². The van der Waals surface area contributed by atoms with E-state index in [1.54, 1.807) is 32.1 Å². The Hall–Kier alpha value is -4.97. The molecule has 5 rings (SSSR count). The molecule has 0 saturated carbocycles. The third-order valence-corrected chi connectivity index (χ3v) is 7.78. The molecule has 216 valence electrons. The molecule has 0 fully saturated rings. The van der Waals surface area contributed by atoms with Crippen LogP contribution < -0.4 is 24.5 Å². The lowest BCUT2D eigenvalue weighted by Crippen LogP contribution is -2.39. The maximum Gasteiger partial charge on any atom is 0.338 e. The van der Waals surface area contributed by atoms with E-state index in [2.05, 4.69) is 4.99 Å². The number of anilines is 1. The minimum atomic E-state index is -0.736. The number of esters is 1. The number of aromatic nitrogens is 1. The molecule has 1 aliphatic rings. The van der Waals surface area contributed by atoms with E-state index < -0.39 is 16.9 Å². The summed E-state index contributed by atoms with van der Waals surface area (Å²) in [7, 11) is 5.33. The molecule has 0 radical (unpaired) electrons. The predicted molar refractivity (Wildman–Crippen MR) is 159 cm³/mol. The van der Waals surface area contributed by atoms with Crippen molar-refractivity contribution in [2.24, 2.45) is 4.99 Å². The fourth-order valence-electron chi connectivity index (χ4n) is 4.77. The van der Waals surface area contributed by atoms with Crippen molar-refractivity contribution in [1.82, 2.24) is 4.57 Å². The number of ether oxygens (including phenoxy) is 2. The zero-order valence-corrected chi connectivity index (χ0v) is 24.4. The third kappa shape index (κ3) is 5.23. The van der Waals surface area contributed by atoms with Gasteiger partial charge in [-0.05, 0) is 49.7 Å². The van der Waals surface area contributed by atoms with E-state index in [0.29, 0.717) is 43.4 Å². The molecule has 11 nitrogen and oxygen atoms in total. The number of allylic oxidation sites excluding steroid dienone is 1. The van der Waals surface area contributed by atoms with E-state index in [0.717, 1.165) is 11.3 Å². The number of thiazole rings is 1. The number of methoxy groups -OCH3 is 1. The Balaban J connectivity index is 1.62. The van der Waals surface area contributed by atoms with Crippen molar-refractivity contribution in [3.8, 4) is 17.1 Å². The lowest BCUT2D eigenvalue weighted by molar-refractivity contribution is -0.384. The number of rotatable bonds is 8. The SMILES string of the molecule is CCOC(=O)C1=C(C)N=c2s/c(=C/c3ccc(-c4cc([N+](=O)[O-])ccc4OC)o3)c(=O)n2C1c1ccc(N(C)C)cc1. The van der Waals surface area contributed by atoms with Gasteiger partial charge in [0.2, 0.25) is 0 Å². The normalized spacial score (nSPS) is 14.8. The summed E-state index contributed by atoms with van der Waals surface area (Å²) >= 11 is 1.17. The Morgan fingerprint density at radius 2 is 1.93 bits per heavy atom. The van der Waals surface area contributed by atoms with Crippen LogP contribution in [0.25, 0.3) is 17.4 Å². The van der Waals surface area contributed by atoms with Gasteiger partial charge in [-0.1, -0.05) is 23.5 Å². The Morgan fingerprint density at radius 1 is 1.19 bits per heavy atom. The molecular weight excluding hydrogens is 560 g/mol. The number of furan rings is 1. The summed E-state index contributed by atoms with van der Waals surface area (Å²) in [6.45, 7) is 3.64. The predicted octanol–water partition coefficient (Wildman–Crippen LogP) is 4.04. The summed E-state index contributed by atoms with van der Waals surface area (Å²) in [5.74, 6) is 0.574. The van der Waals surface area contributed by atoms with Gasteiger partial charge in [0, 0.05) is 38.0 Å². The number of fused-ring (bicyclic) bond motifs is 1. The monoisotopic (exact) mass is 588 g/mol. The van der Waals surface area contributed by atoms with E-state index in [-0.39, 0.29) is 17.9 Å². The minimum absolute atomic E-state index is 0.108. The standard InChI is InChI=1S/C30H28N4O7S/c1-6-40-29(36)26-17(2)31-30-33(27(26)18-7-9-19(10-8-18)32(3)4)28(35)25(42-30)16-21-12-14-24(41-21)22-15-20(34(37)38)11-13-23(22)39-5/h7-16,27H,6H2,1-5H3/b25-16+. The fraction of sp³-hybridized carbons (Fsp3) is 0.233. The van der Waals surface area contributed by atoms with Gasteiger partial charge < -0.3 is 18.8 Å². The van der Waals surface area contributed by atoms with Gasteiger partial charge in [0.05, 0.1) is 46.0 Å². The molecule has 1 unspecified atom stereocenters. The second-order valence-corrected chi connectivity index (χ2v) is 10.6. The number of carbonyl (C=O) groups is 1. The molecule has 3 heterocycles. The van der Waals surface area contributed by atoms with E-state index in [1.165, 1.54) is 41.2 Å². The molecule has 0 spiro atoms. The highest BCUT2D eigenvalue weighted by Crippen LogP contribution is 2.35. The van der Waals surface area contributed by atoms with Crippen molar-refractivity contribution in [3.63, 3.8) is 0 Å². The van der Waals surface area contributed by atoms with Gasteiger partial charge in [-0.15, -0.1) is 0 Å². The average Bonchev–Trinajstić information content (AvgIpc) is 3.56. The van der Waals surface area contributed by atoms with Crippen molar-refractivity contribution < 1.29 is 23.6 Å². The van der Waals surface area contributed by atoms with Crippen LogP contribution in [0.4, 0.5) is 11.4 Å². The van der Waals surface area contributed by atoms with Gasteiger partial charge in [0.25, 0.3) is 11.2 Å². The van der Waals surface area contributed by atoms with Gasteiger partial charge in [0.15, 0.2) is 4.80 Å². The molecule has 1 atom stereocenters. The van der Waals surface area contributed by atoms with E-state index in [4.69, 9.17) is 13.9 Å². The zero-order valence-electron chi connectivity index (χ0n) is 23.6. The second-order valence-electron chi connectivity index (χ2n) is 9.63. The highest BCUT2D eigenvalue weighted by atomic mass is 32.1. The zero-order chi connectivity index (χ0) is 30.1. The third-order valence-electron chi connectivity index (χ3n) is 6.80. The molecule has 0 saturated heterocycles. The first-order valence-electron chi connectivity index (χ1n) is 13.0. The summed E-state index contributed by atoms with van der Waals surface area (Å²) < 4.78 is 18.6. The van der Waals surface area contributed by atoms with Crippen LogP contribution in [0.3, 0.4) is 0 Å². The topological polar surface area (TPSA) is 129 Å². The lowest BCUT2D eigenvalue weighted by Gasteiger charge is -2.25. The highest BCUT2D eigenvalue weighted by molar-refractivity contribution is 7.07. The smallest absolute Gasteiger partial charge is 0.338 e. The Kier molecular flexibility index (Phi) is 7.81. The summed E-state index contributed by atoms with van der Waals surface area (Å²) in [6, 6.07) is 14.4. The van der Waals surface area contributed by atoms with Gasteiger partial charge in [-0.25, -0.2) is 9.79 Å². The number of nitrogens with zero attached hydrogens (tertiary/aromatic N) is 4. The van der Waals surface area contributed by atoms with Crippen molar-refractivity contribution in [2.45, 2.75) is 19.9 Å². The van der Waals surface area contributed by atoms with Crippen molar-refractivity contribution in [3.05, 3.63) is 107 Å². The Labute approximate surface area is 244 Å². The van der Waals surface area contributed by atoms with Crippen molar-refractivity contribution in [2.75, 3.05) is 32.7 Å². The molecule has 12 heteroatoms. The van der Waals surface area contributed by atoms with Crippen molar-refractivity contribution in [1.29, 1.82) is 0 Å². The number of nitro groups is 1. The molecule has 1 aliphatic heterocycles. The Bertz CT molecular complexity index is 1900. The Morgan fingerprint density at radius 3 is 2.57 bits per heavy atom. The van der Waals surface area contributed by atoms with Crippen LogP contribution in [0.5, 0.6) is 5.75 Å². The van der Waals surface area contributed by atoms with Gasteiger partial charge >= 0.3 is 5.97 Å². The minimum Gasteiger partial charge on any atom is -0.496 e. The molecule has 4 aromatic rings.